The van der Waals surface area contributed by atoms with Gasteiger partial charge in [-0.2, -0.15) is 0 Å². The molecular weight excluding hydrogens is 363 g/mol. The number of primary sulfonamides is 1. The standard InChI is InChI=1S/C14H12Cl2N2O4S/c1-22-12-6-5-8(23(17,20)21)7-11(12)18-14(19)9-3-2-4-10(15)13(9)16/h2-7H,1H3,(H,18,19)(H2,17,20,21). The first kappa shape index (κ1) is 17.6. The van der Waals surface area contributed by atoms with Gasteiger partial charge < -0.3 is 10.1 Å². The number of rotatable bonds is 4. The fourth-order valence-electron chi connectivity index (χ4n) is 1.83. The van der Waals surface area contributed by atoms with Crippen molar-refractivity contribution in [2.45, 2.75) is 4.90 Å². The number of halogens is 2. The van der Waals surface area contributed by atoms with Crippen LogP contribution in [0.15, 0.2) is 41.3 Å². The summed E-state index contributed by atoms with van der Waals surface area (Å²) in [4.78, 5) is 12.2. The zero-order valence-electron chi connectivity index (χ0n) is 11.8. The minimum absolute atomic E-state index is 0.0910. The summed E-state index contributed by atoms with van der Waals surface area (Å²) in [5.74, 6) is -0.300. The zero-order valence-corrected chi connectivity index (χ0v) is 14.2. The van der Waals surface area contributed by atoms with Crippen LogP contribution in [-0.2, 0) is 10.0 Å². The molecule has 0 aliphatic heterocycles. The fourth-order valence-corrected chi connectivity index (χ4v) is 2.76. The number of amides is 1. The van der Waals surface area contributed by atoms with Crippen LogP contribution < -0.4 is 15.2 Å². The predicted octanol–water partition coefficient (Wildman–Crippen LogP) is 2.90. The van der Waals surface area contributed by atoms with Gasteiger partial charge in [-0.25, -0.2) is 13.6 Å². The molecule has 0 saturated heterocycles. The first-order valence-corrected chi connectivity index (χ1v) is 8.50. The summed E-state index contributed by atoms with van der Waals surface area (Å²) in [5, 5.41) is 7.93. The van der Waals surface area contributed by atoms with Crippen LogP contribution in [0, 0.1) is 0 Å². The van der Waals surface area contributed by atoms with Crippen LogP contribution in [0.2, 0.25) is 10.0 Å². The quantitative estimate of drug-likeness (QED) is 0.859. The highest BCUT2D eigenvalue weighted by Gasteiger charge is 2.17. The van der Waals surface area contributed by atoms with E-state index in [1.165, 1.54) is 31.4 Å². The molecule has 2 aromatic carbocycles. The van der Waals surface area contributed by atoms with E-state index < -0.39 is 15.9 Å². The monoisotopic (exact) mass is 374 g/mol. The molecule has 0 atom stereocenters. The molecule has 1 amide bonds. The van der Waals surface area contributed by atoms with E-state index >= 15 is 0 Å². The van der Waals surface area contributed by atoms with E-state index in [1.54, 1.807) is 12.1 Å². The van der Waals surface area contributed by atoms with E-state index in [-0.39, 0.29) is 31.9 Å². The van der Waals surface area contributed by atoms with Gasteiger partial charge in [0.1, 0.15) is 5.75 Å². The number of sulfonamides is 1. The Kier molecular flexibility index (Phi) is 5.16. The van der Waals surface area contributed by atoms with Gasteiger partial charge in [-0.1, -0.05) is 29.3 Å². The SMILES string of the molecule is COc1ccc(S(N)(=O)=O)cc1NC(=O)c1cccc(Cl)c1Cl. The minimum atomic E-state index is -3.92. The number of hydrogen-bond donors (Lipinski definition) is 2. The third-order valence-corrected chi connectivity index (χ3v) is 4.67. The van der Waals surface area contributed by atoms with Crippen LogP contribution in [0.5, 0.6) is 5.75 Å². The number of nitrogens with one attached hydrogen (secondary N) is 1. The molecule has 0 aliphatic rings. The highest BCUT2D eigenvalue weighted by Crippen LogP contribution is 2.30. The largest absolute Gasteiger partial charge is 0.495 e. The Morgan fingerprint density at radius 2 is 1.91 bits per heavy atom. The van der Waals surface area contributed by atoms with Gasteiger partial charge >= 0.3 is 0 Å². The smallest absolute Gasteiger partial charge is 0.257 e. The van der Waals surface area contributed by atoms with Gasteiger partial charge in [0.15, 0.2) is 0 Å². The van der Waals surface area contributed by atoms with Crippen molar-refractivity contribution in [3.63, 3.8) is 0 Å². The van der Waals surface area contributed by atoms with E-state index in [9.17, 15) is 13.2 Å². The molecule has 0 aromatic heterocycles. The summed E-state index contributed by atoms with van der Waals surface area (Å²) < 4.78 is 27.9. The van der Waals surface area contributed by atoms with Gasteiger partial charge in [0, 0.05) is 0 Å². The van der Waals surface area contributed by atoms with E-state index in [0.717, 1.165) is 0 Å². The third kappa shape index (κ3) is 3.94. The second-order valence-corrected chi connectivity index (χ2v) is 6.81. The molecule has 6 nitrogen and oxygen atoms in total. The Bertz CT molecular complexity index is 869. The van der Waals surface area contributed by atoms with Crippen LogP contribution >= 0.6 is 23.2 Å². The normalized spacial score (nSPS) is 11.1. The predicted molar refractivity (Wildman–Crippen MR) is 88.8 cm³/mol. The molecule has 122 valence electrons. The molecule has 23 heavy (non-hydrogen) atoms. The Balaban J connectivity index is 2.42. The Labute approximate surface area is 143 Å². The van der Waals surface area contributed by atoms with E-state index in [2.05, 4.69) is 5.32 Å². The molecule has 3 N–H and O–H groups in total. The topological polar surface area (TPSA) is 98.5 Å². The first-order valence-electron chi connectivity index (χ1n) is 6.20. The number of ether oxygens (including phenoxy) is 1. The first-order chi connectivity index (χ1) is 10.7. The molecule has 9 heteroatoms. The maximum atomic E-state index is 12.3. The number of methoxy groups -OCH3 is 1. The molecule has 0 aliphatic carbocycles. The van der Waals surface area contributed by atoms with E-state index in [0.29, 0.717) is 0 Å². The lowest BCUT2D eigenvalue weighted by atomic mass is 10.2. The van der Waals surface area contributed by atoms with Crippen LogP contribution in [0.3, 0.4) is 0 Å². The average Bonchev–Trinajstić information content (AvgIpc) is 2.49. The Hall–Kier alpha value is -1.80. The molecule has 0 saturated carbocycles. The van der Waals surface area contributed by atoms with Crippen molar-refractivity contribution in [3.05, 3.63) is 52.0 Å². The van der Waals surface area contributed by atoms with Crippen LogP contribution in [0.25, 0.3) is 0 Å². The van der Waals surface area contributed by atoms with Crippen molar-refractivity contribution in [2.75, 3.05) is 12.4 Å². The number of hydrogen-bond acceptors (Lipinski definition) is 4. The van der Waals surface area contributed by atoms with Crippen molar-refractivity contribution in [1.29, 1.82) is 0 Å². The number of nitrogens with two attached hydrogens (primary N) is 1. The van der Waals surface area contributed by atoms with Crippen molar-refractivity contribution < 1.29 is 17.9 Å². The van der Waals surface area contributed by atoms with Crippen molar-refractivity contribution in [3.8, 4) is 5.75 Å². The van der Waals surface area contributed by atoms with Crippen molar-refractivity contribution in [1.82, 2.24) is 0 Å². The summed E-state index contributed by atoms with van der Waals surface area (Å²) in [6, 6.07) is 8.46. The second kappa shape index (κ2) is 6.76. The maximum absolute atomic E-state index is 12.3. The van der Waals surface area contributed by atoms with Gasteiger partial charge in [-0.05, 0) is 30.3 Å². The molecule has 0 bridgehead atoms. The van der Waals surface area contributed by atoms with Gasteiger partial charge in [0.05, 0.1) is 33.3 Å². The highest BCUT2D eigenvalue weighted by molar-refractivity contribution is 7.89. The number of benzene rings is 2. The minimum Gasteiger partial charge on any atom is -0.495 e. The van der Waals surface area contributed by atoms with Crippen LogP contribution in [0.1, 0.15) is 10.4 Å². The van der Waals surface area contributed by atoms with Crippen LogP contribution in [-0.4, -0.2) is 21.4 Å². The Morgan fingerprint density at radius 3 is 2.52 bits per heavy atom. The summed E-state index contributed by atoms with van der Waals surface area (Å²) in [7, 11) is -2.54. The van der Waals surface area contributed by atoms with Crippen molar-refractivity contribution >= 4 is 44.8 Å². The lowest BCUT2D eigenvalue weighted by molar-refractivity contribution is 0.102. The van der Waals surface area contributed by atoms with Gasteiger partial charge in [-0.3, -0.25) is 4.79 Å². The summed E-state index contributed by atoms with van der Waals surface area (Å²) in [5.41, 5.74) is 0.280. The zero-order chi connectivity index (χ0) is 17.2. The Morgan fingerprint density at radius 1 is 1.22 bits per heavy atom. The highest BCUT2D eigenvalue weighted by atomic mass is 35.5. The van der Waals surface area contributed by atoms with Gasteiger partial charge in [0.25, 0.3) is 5.91 Å². The van der Waals surface area contributed by atoms with Gasteiger partial charge in [-0.15, -0.1) is 0 Å². The lowest BCUT2D eigenvalue weighted by Gasteiger charge is -2.12. The third-order valence-electron chi connectivity index (χ3n) is 2.94. The molecule has 0 unspecified atom stereocenters. The molecule has 0 heterocycles. The molecular formula is C14H12Cl2N2O4S. The maximum Gasteiger partial charge on any atom is 0.257 e. The molecule has 2 aromatic rings. The lowest BCUT2D eigenvalue weighted by Crippen LogP contribution is -2.16. The average molecular weight is 375 g/mol. The summed E-state index contributed by atoms with van der Waals surface area (Å²) in [6.07, 6.45) is 0. The van der Waals surface area contributed by atoms with Crippen molar-refractivity contribution in [2.24, 2.45) is 5.14 Å². The number of anilines is 1. The molecule has 0 radical (unpaired) electrons. The van der Waals surface area contributed by atoms with E-state index in [1.807, 2.05) is 0 Å². The van der Waals surface area contributed by atoms with Crippen LogP contribution in [0.4, 0.5) is 5.69 Å². The van der Waals surface area contributed by atoms with Gasteiger partial charge in [0.2, 0.25) is 10.0 Å². The fraction of sp³-hybridized carbons (Fsp3) is 0.0714. The summed E-state index contributed by atoms with van der Waals surface area (Å²) >= 11 is 11.9. The second-order valence-electron chi connectivity index (χ2n) is 4.46. The number of carbonyl (C=O) groups is 1. The molecule has 0 spiro atoms. The molecule has 0 fully saturated rings. The summed E-state index contributed by atoms with van der Waals surface area (Å²) in [6.45, 7) is 0. The molecule has 2 rings (SSSR count). The van der Waals surface area contributed by atoms with E-state index in [4.69, 9.17) is 33.1 Å². The number of carbonyl (C=O) groups excluding carboxylic acids is 1.